The lowest BCUT2D eigenvalue weighted by Crippen LogP contribution is -2.40. The van der Waals surface area contributed by atoms with Gasteiger partial charge in [-0.2, -0.15) is 0 Å². The van der Waals surface area contributed by atoms with Crippen molar-refractivity contribution >= 4 is 11.8 Å². The van der Waals surface area contributed by atoms with E-state index in [4.69, 9.17) is 9.47 Å². The number of carbonyl (C=O) groups excluding carboxylic acids is 2. The molecule has 6 heteroatoms. The van der Waals surface area contributed by atoms with E-state index < -0.39 is 0 Å². The van der Waals surface area contributed by atoms with Gasteiger partial charge in [-0.1, -0.05) is 12.1 Å². The fourth-order valence-corrected chi connectivity index (χ4v) is 2.28. The van der Waals surface area contributed by atoms with Gasteiger partial charge in [-0.15, -0.1) is 0 Å². The smallest absolute Gasteiger partial charge is 0.239 e. The van der Waals surface area contributed by atoms with Crippen LogP contribution in [0, 0.1) is 5.92 Å². The largest absolute Gasteiger partial charge is 0.497 e. The Labute approximate surface area is 130 Å². The average molecular weight is 306 g/mol. The molecule has 1 aromatic carbocycles. The summed E-state index contributed by atoms with van der Waals surface area (Å²) in [6.45, 7) is 1.66. The number of hydrogen-bond donors (Lipinski definition) is 2. The molecular formula is C16H22N2O4. The minimum atomic E-state index is -0.198. The summed E-state index contributed by atoms with van der Waals surface area (Å²) >= 11 is 0. The number of benzene rings is 1. The van der Waals surface area contributed by atoms with E-state index in [1.807, 2.05) is 24.3 Å². The van der Waals surface area contributed by atoms with Crippen LogP contribution < -0.4 is 15.4 Å². The average Bonchev–Trinajstić information content (AvgIpc) is 2.59. The molecule has 2 rings (SSSR count). The van der Waals surface area contributed by atoms with Crippen LogP contribution in [0.15, 0.2) is 24.3 Å². The Morgan fingerprint density at radius 1 is 1.18 bits per heavy atom. The van der Waals surface area contributed by atoms with E-state index in [9.17, 15) is 9.59 Å². The summed E-state index contributed by atoms with van der Waals surface area (Å²) in [7, 11) is 1.61. The minimum absolute atomic E-state index is 0.00629. The molecule has 1 fully saturated rings. The number of nitrogens with one attached hydrogen (secondary N) is 2. The van der Waals surface area contributed by atoms with Gasteiger partial charge in [0.25, 0.3) is 0 Å². The first-order chi connectivity index (χ1) is 10.7. The number of amides is 2. The van der Waals surface area contributed by atoms with Crippen molar-refractivity contribution in [3.8, 4) is 5.75 Å². The van der Waals surface area contributed by atoms with E-state index in [0.29, 0.717) is 19.8 Å². The van der Waals surface area contributed by atoms with Crippen LogP contribution in [0.25, 0.3) is 0 Å². The Kier molecular flexibility index (Phi) is 6.21. The van der Waals surface area contributed by atoms with Gasteiger partial charge in [0.2, 0.25) is 11.8 Å². The summed E-state index contributed by atoms with van der Waals surface area (Å²) in [5, 5.41) is 5.46. The van der Waals surface area contributed by atoms with Crippen LogP contribution in [0.5, 0.6) is 5.75 Å². The third-order valence-electron chi connectivity index (χ3n) is 3.66. The Balaban J connectivity index is 1.67. The molecule has 1 aliphatic heterocycles. The predicted molar refractivity (Wildman–Crippen MR) is 81.4 cm³/mol. The number of rotatable bonds is 6. The summed E-state index contributed by atoms with van der Waals surface area (Å²) in [6.07, 6.45) is 1.44. The molecule has 0 aromatic heterocycles. The third-order valence-corrected chi connectivity index (χ3v) is 3.66. The van der Waals surface area contributed by atoms with Crippen LogP contribution in [0.4, 0.5) is 0 Å². The van der Waals surface area contributed by atoms with Gasteiger partial charge in [0.1, 0.15) is 5.75 Å². The van der Waals surface area contributed by atoms with Gasteiger partial charge in [-0.3, -0.25) is 9.59 Å². The zero-order valence-electron chi connectivity index (χ0n) is 12.8. The molecule has 0 radical (unpaired) electrons. The highest BCUT2D eigenvalue weighted by molar-refractivity contribution is 5.85. The molecule has 1 saturated heterocycles. The molecule has 2 amide bonds. The van der Waals surface area contributed by atoms with Crippen LogP contribution in [0.1, 0.15) is 18.4 Å². The normalized spacial score (nSPS) is 15.1. The number of carbonyl (C=O) groups is 2. The quantitative estimate of drug-likeness (QED) is 0.817. The van der Waals surface area contributed by atoms with Crippen LogP contribution in [0.2, 0.25) is 0 Å². The molecule has 0 unspecified atom stereocenters. The van der Waals surface area contributed by atoms with Gasteiger partial charge in [-0.05, 0) is 30.5 Å². The summed E-state index contributed by atoms with van der Waals surface area (Å²) in [5.41, 5.74) is 0.977. The lowest BCUT2D eigenvalue weighted by Gasteiger charge is -2.21. The lowest BCUT2D eigenvalue weighted by molar-refractivity contribution is -0.130. The number of methoxy groups -OCH3 is 1. The van der Waals surface area contributed by atoms with Crippen LogP contribution >= 0.6 is 0 Å². The summed E-state index contributed by atoms with van der Waals surface area (Å²) < 4.78 is 10.3. The second-order valence-electron chi connectivity index (χ2n) is 5.23. The monoisotopic (exact) mass is 306 g/mol. The van der Waals surface area contributed by atoms with Gasteiger partial charge in [0, 0.05) is 25.7 Å². The van der Waals surface area contributed by atoms with E-state index in [2.05, 4.69) is 10.6 Å². The highest BCUT2D eigenvalue weighted by Crippen LogP contribution is 2.14. The van der Waals surface area contributed by atoms with Crippen molar-refractivity contribution in [2.24, 2.45) is 5.92 Å². The second-order valence-corrected chi connectivity index (χ2v) is 5.23. The molecule has 0 bridgehead atoms. The van der Waals surface area contributed by atoms with Crippen LogP contribution in [-0.2, 0) is 20.9 Å². The van der Waals surface area contributed by atoms with E-state index in [1.165, 1.54) is 0 Å². The zero-order valence-corrected chi connectivity index (χ0v) is 12.8. The molecule has 0 saturated carbocycles. The first-order valence-corrected chi connectivity index (χ1v) is 7.44. The first-order valence-electron chi connectivity index (χ1n) is 7.44. The van der Waals surface area contributed by atoms with Crippen molar-refractivity contribution in [1.82, 2.24) is 10.6 Å². The molecule has 0 atom stereocenters. The molecule has 120 valence electrons. The van der Waals surface area contributed by atoms with Crippen molar-refractivity contribution in [1.29, 1.82) is 0 Å². The molecule has 1 aliphatic rings. The fraction of sp³-hybridized carbons (Fsp3) is 0.500. The fourth-order valence-electron chi connectivity index (χ4n) is 2.28. The van der Waals surface area contributed by atoms with Gasteiger partial charge >= 0.3 is 0 Å². The van der Waals surface area contributed by atoms with E-state index in [0.717, 1.165) is 24.2 Å². The molecule has 22 heavy (non-hydrogen) atoms. The Morgan fingerprint density at radius 2 is 1.86 bits per heavy atom. The van der Waals surface area contributed by atoms with E-state index >= 15 is 0 Å². The predicted octanol–water partition coefficient (Wildman–Crippen LogP) is 0.854. The van der Waals surface area contributed by atoms with Gasteiger partial charge in [0.15, 0.2) is 0 Å². The molecule has 1 heterocycles. The zero-order chi connectivity index (χ0) is 15.8. The molecule has 0 aliphatic carbocycles. The molecule has 0 spiro atoms. The first kappa shape index (κ1) is 16.3. The standard InChI is InChI=1S/C16H22N2O4/c1-21-14-4-2-12(3-5-14)10-17-15(19)11-18-16(20)13-6-8-22-9-7-13/h2-5,13H,6-11H2,1H3,(H,17,19)(H,18,20). The third kappa shape index (κ3) is 5.04. The minimum Gasteiger partial charge on any atom is -0.497 e. The van der Waals surface area contributed by atoms with Crippen LogP contribution in [-0.4, -0.2) is 38.7 Å². The van der Waals surface area contributed by atoms with Gasteiger partial charge in [-0.25, -0.2) is 0 Å². The van der Waals surface area contributed by atoms with Crippen molar-refractivity contribution in [2.45, 2.75) is 19.4 Å². The maximum absolute atomic E-state index is 11.9. The molecule has 1 aromatic rings. The van der Waals surface area contributed by atoms with Crippen molar-refractivity contribution in [3.63, 3.8) is 0 Å². The molecule has 6 nitrogen and oxygen atoms in total. The van der Waals surface area contributed by atoms with Crippen molar-refractivity contribution in [3.05, 3.63) is 29.8 Å². The molecule has 2 N–H and O–H groups in total. The van der Waals surface area contributed by atoms with Gasteiger partial charge < -0.3 is 20.1 Å². The Bertz CT molecular complexity index is 495. The van der Waals surface area contributed by atoms with Gasteiger partial charge in [0.05, 0.1) is 13.7 Å². The summed E-state index contributed by atoms with van der Waals surface area (Å²) in [6, 6.07) is 7.46. The maximum atomic E-state index is 11.9. The SMILES string of the molecule is COc1ccc(CNC(=O)CNC(=O)C2CCOCC2)cc1. The topological polar surface area (TPSA) is 76.7 Å². The molecular weight excluding hydrogens is 284 g/mol. The highest BCUT2D eigenvalue weighted by atomic mass is 16.5. The maximum Gasteiger partial charge on any atom is 0.239 e. The van der Waals surface area contributed by atoms with Crippen molar-refractivity contribution in [2.75, 3.05) is 26.9 Å². The summed E-state index contributed by atoms with van der Waals surface area (Å²) in [4.78, 5) is 23.6. The highest BCUT2D eigenvalue weighted by Gasteiger charge is 2.21. The number of ether oxygens (including phenoxy) is 2. The Morgan fingerprint density at radius 3 is 2.50 bits per heavy atom. The van der Waals surface area contributed by atoms with Crippen molar-refractivity contribution < 1.29 is 19.1 Å². The second kappa shape index (κ2) is 8.38. The van der Waals surface area contributed by atoms with Crippen LogP contribution in [0.3, 0.4) is 0 Å². The number of hydrogen-bond acceptors (Lipinski definition) is 4. The van der Waals surface area contributed by atoms with E-state index in [1.54, 1.807) is 7.11 Å². The lowest BCUT2D eigenvalue weighted by atomic mass is 9.99. The van der Waals surface area contributed by atoms with E-state index in [-0.39, 0.29) is 24.3 Å². The summed E-state index contributed by atoms with van der Waals surface area (Å²) in [5.74, 6) is 0.473. The Hall–Kier alpha value is -2.08.